The van der Waals surface area contributed by atoms with Crippen molar-refractivity contribution in [2.45, 2.75) is 0 Å². The van der Waals surface area contributed by atoms with Crippen LogP contribution in [0.4, 0.5) is 0 Å². The number of hydrogen-bond acceptors (Lipinski definition) is 5. The van der Waals surface area contributed by atoms with E-state index < -0.39 is 0 Å². The summed E-state index contributed by atoms with van der Waals surface area (Å²) in [6.45, 7) is 0. The Morgan fingerprint density at radius 1 is 1.67 bits per heavy atom. The number of rotatable bonds is 0. The van der Waals surface area contributed by atoms with Gasteiger partial charge in [0, 0.05) is 0 Å². The molecule has 1 aliphatic heterocycles. The summed E-state index contributed by atoms with van der Waals surface area (Å²) in [6, 6.07) is 0. The summed E-state index contributed by atoms with van der Waals surface area (Å²) in [4.78, 5) is 2.46. The van der Waals surface area contributed by atoms with Crippen LogP contribution >= 0.6 is 12.1 Å². The standard InChI is InChI=1S/CH2N4S/c1-2-4-5-6-3-1/h1H,(H,2,3,5). The van der Waals surface area contributed by atoms with Gasteiger partial charge in [0.2, 0.25) is 0 Å². The molecule has 4 nitrogen and oxygen atoms in total. The fraction of sp³-hybridized carbons (Fsp3) is 0. The lowest BCUT2D eigenvalue weighted by Gasteiger charge is -1.89. The van der Waals surface area contributed by atoms with Crippen molar-refractivity contribution in [2.75, 3.05) is 0 Å². The fourth-order valence-corrected chi connectivity index (χ4v) is 0.356. The van der Waals surface area contributed by atoms with Crippen molar-refractivity contribution < 1.29 is 0 Å². The van der Waals surface area contributed by atoms with Gasteiger partial charge in [-0.3, -0.25) is 0 Å². The third-order valence-corrected chi connectivity index (χ3v) is 0.654. The van der Waals surface area contributed by atoms with E-state index in [0.29, 0.717) is 0 Å². The summed E-state index contributed by atoms with van der Waals surface area (Å²) in [5.74, 6) is 0. The molecule has 0 radical (unpaired) electrons. The molecule has 0 unspecified atom stereocenters. The smallest absolute Gasteiger partial charge is 0.150 e. The lowest BCUT2D eigenvalue weighted by Crippen LogP contribution is -1.89. The van der Waals surface area contributed by atoms with Gasteiger partial charge in [-0.2, -0.15) is 4.40 Å². The quantitative estimate of drug-likeness (QED) is 0.454. The topological polar surface area (TPSA) is 49.1 Å². The zero-order valence-corrected chi connectivity index (χ0v) is 3.64. The minimum absolute atomic E-state index is 1.15. The first-order valence-corrected chi connectivity index (χ1v) is 2.10. The van der Waals surface area contributed by atoms with E-state index in [-0.39, 0.29) is 0 Å². The van der Waals surface area contributed by atoms with Crippen molar-refractivity contribution in [1.82, 2.24) is 4.83 Å². The summed E-state index contributed by atoms with van der Waals surface area (Å²) in [5, 5.41) is 6.74. The number of nitrogens with zero attached hydrogens (tertiary/aromatic N) is 3. The second-order valence-electron chi connectivity index (χ2n) is 0.619. The average molecular weight is 102 g/mol. The molecule has 0 amide bonds. The van der Waals surface area contributed by atoms with E-state index in [9.17, 15) is 0 Å². The van der Waals surface area contributed by atoms with Crippen LogP contribution in [-0.4, -0.2) is 6.34 Å². The molecule has 0 aromatic heterocycles. The van der Waals surface area contributed by atoms with Crippen molar-refractivity contribution >= 4 is 18.5 Å². The van der Waals surface area contributed by atoms with E-state index in [0.717, 1.165) is 12.1 Å². The number of nitrogens with one attached hydrogen (secondary N) is 1. The Kier molecular flexibility index (Phi) is 1.06. The lowest BCUT2D eigenvalue weighted by molar-refractivity contribution is 0.987. The van der Waals surface area contributed by atoms with Gasteiger partial charge in [-0.25, -0.2) is 4.83 Å². The summed E-state index contributed by atoms with van der Waals surface area (Å²) < 4.78 is 3.60. The van der Waals surface area contributed by atoms with E-state index in [2.05, 4.69) is 19.6 Å². The molecule has 0 spiro atoms. The van der Waals surface area contributed by atoms with Gasteiger partial charge in [0.1, 0.15) is 18.5 Å². The average Bonchev–Trinajstić information content (AvgIpc) is 1.72. The van der Waals surface area contributed by atoms with Crippen LogP contribution in [0.2, 0.25) is 0 Å². The maximum absolute atomic E-state index is 3.60. The summed E-state index contributed by atoms with van der Waals surface area (Å²) >= 11 is 1.15. The van der Waals surface area contributed by atoms with Gasteiger partial charge < -0.3 is 0 Å². The molecule has 1 aliphatic rings. The van der Waals surface area contributed by atoms with E-state index in [1.807, 2.05) is 0 Å². The Morgan fingerprint density at radius 3 is 2.83 bits per heavy atom. The lowest BCUT2D eigenvalue weighted by atomic mass is 11.4. The second kappa shape index (κ2) is 1.76. The summed E-state index contributed by atoms with van der Waals surface area (Å²) in [6.07, 6.45) is 1.38. The van der Waals surface area contributed by atoms with Gasteiger partial charge in [-0.15, -0.1) is 5.11 Å². The van der Waals surface area contributed by atoms with Crippen LogP contribution in [-0.2, 0) is 0 Å². The van der Waals surface area contributed by atoms with Crippen LogP contribution in [0.5, 0.6) is 0 Å². The van der Waals surface area contributed by atoms with Crippen molar-refractivity contribution in [3.05, 3.63) is 0 Å². The van der Waals surface area contributed by atoms with E-state index in [4.69, 9.17) is 0 Å². The molecule has 1 rings (SSSR count). The highest BCUT2D eigenvalue weighted by atomic mass is 32.2. The summed E-state index contributed by atoms with van der Waals surface area (Å²) in [5.41, 5.74) is 0. The first-order chi connectivity index (χ1) is 3.00. The Balaban J connectivity index is 2.46. The Bertz CT molecular complexity index is 73.5. The maximum Gasteiger partial charge on any atom is 0.150 e. The van der Waals surface area contributed by atoms with Gasteiger partial charge in [0.05, 0.1) is 0 Å². The Labute approximate surface area is 39.0 Å². The van der Waals surface area contributed by atoms with Crippen LogP contribution in [0.3, 0.4) is 0 Å². The molecule has 0 aromatic carbocycles. The molecule has 1 N–H and O–H groups in total. The molecule has 0 bridgehead atoms. The molecule has 1 heterocycles. The van der Waals surface area contributed by atoms with Gasteiger partial charge in [-0.1, -0.05) is 5.22 Å². The minimum atomic E-state index is 1.15. The third-order valence-electron chi connectivity index (χ3n) is 0.291. The molecule has 0 aromatic rings. The molecule has 0 aliphatic carbocycles. The highest BCUT2D eigenvalue weighted by molar-refractivity contribution is 7.96. The highest BCUT2D eigenvalue weighted by Gasteiger charge is 1.78. The molecular formula is CH2N4S. The predicted molar refractivity (Wildman–Crippen MR) is 24.1 cm³/mol. The first kappa shape index (κ1) is 3.60. The van der Waals surface area contributed by atoms with Crippen molar-refractivity contribution in [2.24, 2.45) is 14.7 Å². The molecule has 0 fully saturated rings. The van der Waals surface area contributed by atoms with Crippen molar-refractivity contribution in [1.29, 1.82) is 0 Å². The van der Waals surface area contributed by atoms with Crippen LogP contribution in [0.1, 0.15) is 0 Å². The molecule has 0 saturated carbocycles. The van der Waals surface area contributed by atoms with Crippen molar-refractivity contribution in [3.8, 4) is 0 Å². The zero-order valence-electron chi connectivity index (χ0n) is 2.83. The SMILES string of the molecule is C1=NSNN=N1. The Morgan fingerprint density at radius 2 is 2.67 bits per heavy atom. The highest BCUT2D eigenvalue weighted by Crippen LogP contribution is 1.95. The Hall–Kier alpha value is -0.580. The summed E-state index contributed by atoms with van der Waals surface area (Å²) in [7, 11) is 0. The van der Waals surface area contributed by atoms with Gasteiger partial charge in [0.25, 0.3) is 0 Å². The van der Waals surface area contributed by atoms with Crippen LogP contribution in [0.25, 0.3) is 0 Å². The molecule has 0 saturated heterocycles. The third kappa shape index (κ3) is 0.682. The van der Waals surface area contributed by atoms with Gasteiger partial charge >= 0.3 is 0 Å². The molecule has 6 heavy (non-hydrogen) atoms. The largest absolute Gasteiger partial charge is 0.212 e. The van der Waals surface area contributed by atoms with E-state index >= 15 is 0 Å². The first-order valence-electron chi connectivity index (χ1n) is 1.33. The fourth-order valence-electron chi connectivity index (χ4n) is 0.136. The molecule has 32 valence electrons. The number of hydrogen-bond donors (Lipinski definition) is 1. The zero-order chi connectivity index (χ0) is 4.24. The van der Waals surface area contributed by atoms with Crippen LogP contribution < -0.4 is 4.83 Å². The molecular weight excluding hydrogens is 100 g/mol. The van der Waals surface area contributed by atoms with Crippen LogP contribution in [0, 0.1) is 0 Å². The minimum Gasteiger partial charge on any atom is -0.212 e. The van der Waals surface area contributed by atoms with Crippen molar-refractivity contribution in [3.63, 3.8) is 0 Å². The monoisotopic (exact) mass is 102 g/mol. The normalized spacial score (nSPS) is 17.3. The van der Waals surface area contributed by atoms with Gasteiger partial charge in [-0.05, 0) is 0 Å². The predicted octanol–water partition coefficient (Wildman–Crippen LogP) is 0.548. The van der Waals surface area contributed by atoms with Crippen LogP contribution in [0.15, 0.2) is 14.7 Å². The van der Waals surface area contributed by atoms with E-state index in [1.54, 1.807) is 0 Å². The van der Waals surface area contributed by atoms with Gasteiger partial charge in [0.15, 0.2) is 0 Å². The molecule has 0 atom stereocenters. The molecule has 5 heteroatoms. The maximum atomic E-state index is 3.60. The van der Waals surface area contributed by atoms with E-state index in [1.165, 1.54) is 6.34 Å². The second-order valence-corrected chi connectivity index (χ2v) is 1.19.